The molecule has 0 radical (unpaired) electrons. The summed E-state index contributed by atoms with van der Waals surface area (Å²) in [6, 6.07) is 16.3. The minimum Gasteiger partial charge on any atom is -0.456 e. The Morgan fingerprint density at radius 2 is 1.67 bits per heavy atom. The molecule has 4 rings (SSSR count). The number of hydrogen-bond acceptors (Lipinski definition) is 6. The number of carbonyl (C=O) groups excluding carboxylic acids is 1. The largest absolute Gasteiger partial charge is 0.456 e. The summed E-state index contributed by atoms with van der Waals surface area (Å²) in [5.41, 5.74) is 0.725. The molecule has 8 heteroatoms. The van der Waals surface area contributed by atoms with Gasteiger partial charge in [0.25, 0.3) is 0 Å². The first kappa shape index (κ1) is 20.1. The molecule has 1 aromatic heterocycles. The van der Waals surface area contributed by atoms with Crippen LogP contribution in [0.1, 0.15) is 0 Å². The third-order valence-electron chi connectivity index (χ3n) is 4.78. The molecule has 1 aliphatic rings. The molecular weight excluding hydrogens is 402 g/mol. The molecule has 1 N–H and O–H groups in total. The van der Waals surface area contributed by atoms with Crippen molar-refractivity contribution in [1.29, 1.82) is 0 Å². The summed E-state index contributed by atoms with van der Waals surface area (Å²) < 4.78 is 5.77. The standard InChI is InChI=1S/C22H22ClN5O2/c23-19-4-1-2-5-20(19)30-18-8-6-17(7-9-18)26-21(29)16-27-12-14-28(15-13-27)22-24-10-3-11-25-22/h1-11H,12-16H2,(H,26,29). The number of para-hydroxylation sites is 1. The number of nitrogens with zero attached hydrogens (tertiary/aromatic N) is 4. The van der Waals surface area contributed by atoms with Crippen LogP contribution in [0.3, 0.4) is 0 Å². The van der Waals surface area contributed by atoms with E-state index < -0.39 is 0 Å². The number of rotatable bonds is 6. The maximum Gasteiger partial charge on any atom is 0.238 e. The zero-order valence-electron chi connectivity index (χ0n) is 16.4. The Balaban J connectivity index is 1.25. The van der Waals surface area contributed by atoms with E-state index in [0.29, 0.717) is 23.1 Å². The van der Waals surface area contributed by atoms with Gasteiger partial charge in [0.1, 0.15) is 11.5 Å². The van der Waals surface area contributed by atoms with Crippen LogP contribution in [0.25, 0.3) is 0 Å². The van der Waals surface area contributed by atoms with Crippen molar-refractivity contribution in [3.8, 4) is 11.5 Å². The molecule has 2 aromatic carbocycles. The molecule has 0 unspecified atom stereocenters. The summed E-state index contributed by atoms with van der Waals surface area (Å²) in [5, 5.41) is 3.48. The SMILES string of the molecule is O=C(CN1CCN(c2ncccn2)CC1)Nc1ccc(Oc2ccccc2Cl)cc1. The van der Waals surface area contributed by atoms with E-state index in [1.165, 1.54) is 0 Å². The lowest BCUT2D eigenvalue weighted by molar-refractivity contribution is -0.117. The molecular formula is C22H22ClN5O2. The lowest BCUT2D eigenvalue weighted by Crippen LogP contribution is -2.49. The van der Waals surface area contributed by atoms with Crippen molar-refractivity contribution in [2.75, 3.05) is 42.9 Å². The fourth-order valence-corrected chi connectivity index (χ4v) is 3.40. The number of carbonyl (C=O) groups is 1. The van der Waals surface area contributed by atoms with Crippen molar-refractivity contribution in [3.05, 3.63) is 72.0 Å². The van der Waals surface area contributed by atoms with Crippen LogP contribution < -0.4 is 15.0 Å². The molecule has 0 aliphatic carbocycles. The fourth-order valence-electron chi connectivity index (χ4n) is 3.22. The maximum absolute atomic E-state index is 12.4. The van der Waals surface area contributed by atoms with Crippen molar-refractivity contribution in [3.63, 3.8) is 0 Å². The second kappa shape index (κ2) is 9.56. The first-order chi connectivity index (χ1) is 14.7. The van der Waals surface area contributed by atoms with E-state index in [1.54, 1.807) is 36.7 Å². The number of halogens is 1. The molecule has 0 saturated carbocycles. The van der Waals surface area contributed by atoms with Gasteiger partial charge in [-0.2, -0.15) is 0 Å². The topological polar surface area (TPSA) is 70.6 Å². The van der Waals surface area contributed by atoms with Crippen molar-refractivity contribution >= 4 is 29.1 Å². The fraction of sp³-hybridized carbons (Fsp3) is 0.227. The van der Waals surface area contributed by atoms with Gasteiger partial charge in [0, 0.05) is 44.3 Å². The molecule has 1 aliphatic heterocycles. The molecule has 154 valence electrons. The Hall–Kier alpha value is -3.16. The zero-order valence-corrected chi connectivity index (χ0v) is 17.1. The average molecular weight is 424 g/mol. The predicted molar refractivity (Wildman–Crippen MR) is 117 cm³/mol. The molecule has 3 aromatic rings. The summed E-state index contributed by atoms with van der Waals surface area (Å²) in [6.45, 7) is 3.52. The molecule has 1 fully saturated rings. The highest BCUT2D eigenvalue weighted by Gasteiger charge is 2.20. The van der Waals surface area contributed by atoms with E-state index in [-0.39, 0.29) is 5.91 Å². The van der Waals surface area contributed by atoms with Crippen molar-refractivity contribution in [2.45, 2.75) is 0 Å². The Kier molecular flexibility index (Phi) is 6.41. The van der Waals surface area contributed by atoms with Gasteiger partial charge in [-0.3, -0.25) is 9.69 Å². The van der Waals surface area contributed by atoms with Crippen LogP contribution in [0.2, 0.25) is 5.02 Å². The van der Waals surface area contributed by atoms with E-state index >= 15 is 0 Å². The number of anilines is 2. The van der Waals surface area contributed by atoms with E-state index in [4.69, 9.17) is 16.3 Å². The highest BCUT2D eigenvalue weighted by molar-refractivity contribution is 6.32. The lowest BCUT2D eigenvalue weighted by atomic mass is 10.3. The second-order valence-corrected chi connectivity index (χ2v) is 7.32. The molecule has 7 nitrogen and oxygen atoms in total. The molecule has 0 atom stereocenters. The molecule has 30 heavy (non-hydrogen) atoms. The summed E-state index contributed by atoms with van der Waals surface area (Å²) >= 11 is 6.11. The van der Waals surface area contributed by atoms with Crippen molar-refractivity contribution in [2.24, 2.45) is 0 Å². The zero-order chi connectivity index (χ0) is 20.8. The highest BCUT2D eigenvalue weighted by atomic mass is 35.5. The summed E-state index contributed by atoms with van der Waals surface area (Å²) in [5.74, 6) is 1.94. The van der Waals surface area contributed by atoms with Crippen molar-refractivity contribution in [1.82, 2.24) is 14.9 Å². The first-order valence-electron chi connectivity index (χ1n) is 9.74. The monoisotopic (exact) mass is 423 g/mol. The Morgan fingerprint density at radius 1 is 0.967 bits per heavy atom. The molecule has 0 bridgehead atoms. The van der Waals surface area contributed by atoms with Gasteiger partial charge in [-0.05, 0) is 42.5 Å². The third-order valence-corrected chi connectivity index (χ3v) is 5.09. The van der Waals surface area contributed by atoms with Gasteiger partial charge in [0.2, 0.25) is 11.9 Å². The highest BCUT2D eigenvalue weighted by Crippen LogP contribution is 2.29. The van der Waals surface area contributed by atoms with Crippen LogP contribution in [0.15, 0.2) is 67.0 Å². The van der Waals surface area contributed by atoms with Gasteiger partial charge in [-0.1, -0.05) is 23.7 Å². The maximum atomic E-state index is 12.4. The number of nitrogens with one attached hydrogen (secondary N) is 1. The van der Waals surface area contributed by atoms with Crippen LogP contribution in [-0.2, 0) is 4.79 Å². The van der Waals surface area contributed by atoms with Crippen LogP contribution in [-0.4, -0.2) is 53.5 Å². The van der Waals surface area contributed by atoms with E-state index in [0.717, 1.165) is 37.8 Å². The first-order valence-corrected chi connectivity index (χ1v) is 10.1. The van der Waals surface area contributed by atoms with Gasteiger partial charge < -0.3 is 15.0 Å². The third kappa shape index (κ3) is 5.25. The number of aromatic nitrogens is 2. The average Bonchev–Trinajstić information content (AvgIpc) is 2.78. The van der Waals surface area contributed by atoms with E-state index in [1.807, 2.05) is 30.3 Å². The quantitative estimate of drug-likeness (QED) is 0.652. The molecule has 2 heterocycles. The minimum atomic E-state index is -0.0424. The van der Waals surface area contributed by atoms with Gasteiger partial charge in [-0.25, -0.2) is 9.97 Å². The van der Waals surface area contributed by atoms with Crippen LogP contribution >= 0.6 is 11.6 Å². The van der Waals surface area contributed by atoms with Gasteiger partial charge in [0.05, 0.1) is 11.6 Å². The number of ether oxygens (including phenoxy) is 1. The lowest BCUT2D eigenvalue weighted by Gasteiger charge is -2.34. The Labute approximate surface area is 180 Å². The van der Waals surface area contributed by atoms with Crippen LogP contribution in [0.5, 0.6) is 11.5 Å². The Morgan fingerprint density at radius 3 is 2.37 bits per heavy atom. The number of amides is 1. The minimum absolute atomic E-state index is 0.0424. The van der Waals surface area contributed by atoms with Crippen LogP contribution in [0.4, 0.5) is 11.6 Å². The Bertz CT molecular complexity index is 976. The molecule has 0 spiro atoms. The molecule has 1 amide bonds. The van der Waals surface area contributed by atoms with Gasteiger partial charge in [0.15, 0.2) is 0 Å². The molecule has 1 saturated heterocycles. The number of piperazine rings is 1. The number of benzene rings is 2. The van der Waals surface area contributed by atoms with E-state index in [2.05, 4.69) is 25.1 Å². The predicted octanol–water partition coefficient (Wildman–Crippen LogP) is 3.68. The smallest absolute Gasteiger partial charge is 0.238 e. The second-order valence-electron chi connectivity index (χ2n) is 6.92. The summed E-state index contributed by atoms with van der Waals surface area (Å²) in [4.78, 5) is 25.2. The van der Waals surface area contributed by atoms with Gasteiger partial charge >= 0.3 is 0 Å². The number of hydrogen-bond donors (Lipinski definition) is 1. The summed E-state index contributed by atoms with van der Waals surface area (Å²) in [6.07, 6.45) is 3.49. The van der Waals surface area contributed by atoms with Crippen LogP contribution in [0, 0.1) is 0 Å². The normalized spacial score (nSPS) is 14.4. The van der Waals surface area contributed by atoms with Crippen molar-refractivity contribution < 1.29 is 9.53 Å². The van der Waals surface area contributed by atoms with Gasteiger partial charge in [-0.15, -0.1) is 0 Å². The van der Waals surface area contributed by atoms with E-state index in [9.17, 15) is 4.79 Å². The summed E-state index contributed by atoms with van der Waals surface area (Å²) in [7, 11) is 0.